The Balaban J connectivity index is 1.26. The number of aromatic nitrogens is 1. The van der Waals surface area contributed by atoms with E-state index in [1.807, 2.05) is 13.0 Å². The highest BCUT2D eigenvalue weighted by atomic mass is 79.9. The maximum absolute atomic E-state index is 12.8. The molecule has 10 heteroatoms. The van der Waals surface area contributed by atoms with Crippen molar-refractivity contribution >= 4 is 43.2 Å². The summed E-state index contributed by atoms with van der Waals surface area (Å²) in [6.45, 7) is 6.61. The molecular formula is C27H32BrN3O4S2. The molecule has 2 aromatic carbocycles. The fourth-order valence-electron chi connectivity index (χ4n) is 4.38. The van der Waals surface area contributed by atoms with Crippen LogP contribution in [0.3, 0.4) is 0 Å². The van der Waals surface area contributed by atoms with Crippen molar-refractivity contribution in [2.24, 2.45) is 0 Å². The summed E-state index contributed by atoms with van der Waals surface area (Å²) in [5.41, 5.74) is 2.67. The number of hydrogen-bond donors (Lipinski definition) is 2. The van der Waals surface area contributed by atoms with Crippen LogP contribution in [0.15, 0.2) is 57.2 Å². The summed E-state index contributed by atoms with van der Waals surface area (Å²) < 4.78 is 35.0. The van der Waals surface area contributed by atoms with Crippen LogP contribution in [0.5, 0.6) is 5.75 Å². The van der Waals surface area contributed by atoms with E-state index in [4.69, 9.17) is 4.74 Å². The van der Waals surface area contributed by atoms with Gasteiger partial charge in [0.2, 0.25) is 10.0 Å². The number of nitrogens with zero attached hydrogens (tertiary/aromatic N) is 1. The molecule has 1 saturated carbocycles. The summed E-state index contributed by atoms with van der Waals surface area (Å²) >= 11 is 4.73. The third-order valence-electron chi connectivity index (χ3n) is 6.43. The van der Waals surface area contributed by atoms with Crippen molar-refractivity contribution in [1.29, 1.82) is 0 Å². The summed E-state index contributed by atoms with van der Waals surface area (Å²) in [5, 5.41) is 5.56. The first-order valence-corrected chi connectivity index (χ1v) is 15.5. The number of carbonyl (C=O) groups is 1. The van der Waals surface area contributed by atoms with Gasteiger partial charge in [0.05, 0.1) is 4.90 Å². The molecule has 0 radical (unpaired) electrons. The molecule has 2 N–H and O–H groups in total. The van der Waals surface area contributed by atoms with E-state index in [0.29, 0.717) is 43.9 Å². The molecule has 0 unspecified atom stereocenters. The lowest BCUT2D eigenvalue weighted by Crippen LogP contribution is -2.43. The minimum Gasteiger partial charge on any atom is -0.486 e. The standard InChI is InChI=1S/C27H32BrN3O4S2/c1-17(2)23-13-4-18(3)14-25(23)35-15-26-30-24(16-36-26)27(32)29-20-7-9-21(10-8-20)31-37(33,34)22-11-5-19(28)6-12-22/h4-6,11-14,16-17,20-21,31H,7-10,15H2,1-3H3,(H,29,32). The van der Waals surface area contributed by atoms with Crippen molar-refractivity contribution < 1.29 is 17.9 Å². The van der Waals surface area contributed by atoms with E-state index in [0.717, 1.165) is 26.4 Å². The summed E-state index contributed by atoms with van der Waals surface area (Å²) in [4.78, 5) is 17.5. The van der Waals surface area contributed by atoms with E-state index in [2.05, 4.69) is 56.9 Å². The number of thiazole rings is 1. The number of carbonyl (C=O) groups excluding carboxylic acids is 1. The molecule has 7 nitrogen and oxygen atoms in total. The van der Waals surface area contributed by atoms with Gasteiger partial charge in [-0.25, -0.2) is 18.1 Å². The Kier molecular flexibility index (Phi) is 9.05. The number of rotatable bonds is 9. The highest BCUT2D eigenvalue weighted by Crippen LogP contribution is 2.28. The number of aryl methyl sites for hydroxylation is 1. The molecule has 1 heterocycles. The number of ether oxygens (including phenoxy) is 1. The average molecular weight is 607 g/mol. The predicted octanol–water partition coefficient (Wildman–Crippen LogP) is 5.94. The van der Waals surface area contributed by atoms with E-state index in [1.54, 1.807) is 29.6 Å². The van der Waals surface area contributed by atoms with Crippen LogP contribution in [-0.2, 0) is 16.6 Å². The third-order valence-corrected chi connectivity index (χ3v) is 9.32. The average Bonchev–Trinajstić information content (AvgIpc) is 3.33. The number of halogens is 1. The molecule has 0 atom stereocenters. The molecule has 3 aromatic rings. The van der Waals surface area contributed by atoms with Gasteiger partial charge in [0.15, 0.2) is 0 Å². The van der Waals surface area contributed by atoms with E-state index < -0.39 is 10.0 Å². The second-order valence-corrected chi connectivity index (χ2v) is 13.3. The molecular weight excluding hydrogens is 574 g/mol. The zero-order valence-electron chi connectivity index (χ0n) is 21.2. The van der Waals surface area contributed by atoms with Crippen molar-refractivity contribution in [2.45, 2.75) is 76.0 Å². The highest BCUT2D eigenvalue weighted by molar-refractivity contribution is 9.10. The van der Waals surface area contributed by atoms with Crippen LogP contribution in [0.2, 0.25) is 0 Å². The van der Waals surface area contributed by atoms with Crippen LogP contribution in [-0.4, -0.2) is 31.4 Å². The van der Waals surface area contributed by atoms with Crippen LogP contribution < -0.4 is 14.8 Å². The van der Waals surface area contributed by atoms with Crippen molar-refractivity contribution in [3.05, 3.63) is 74.1 Å². The fraction of sp³-hybridized carbons (Fsp3) is 0.407. The maximum Gasteiger partial charge on any atom is 0.270 e. The van der Waals surface area contributed by atoms with Crippen molar-refractivity contribution in [1.82, 2.24) is 15.0 Å². The van der Waals surface area contributed by atoms with E-state index in [9.17, 15) is 13.2 Å². The van der Waals surface area contributed by atoms with Gasteiger partial charge in [-0.15, -0.1) is 11.3 Å². The smallest absolute Gasteiger partial charge is 0.270 e. The molecule has 37 heavy (non-hydrogen) atoms. The van der Waals surface area contributed by atoms with Gasteiger partial charge >= 0.3 is 0 Å². The van der Waals surface area contributed by atoms with Crippen molar-refractivity contribution in [2.75, 3.05) is 0 Å². The van der Waals surface area contributed by atoms with Gasteiger partial charge in [0.25, 0.3) is 5.91 Å². The van der Waals surface area contributed by atoms with E-state index in [1.165, 1.54) is 11.3 Å². The number of benzene rings is 2. The lowest BCUT2D eigenvalue weighted by Gasteiger charge is -2.29. The minimum atomic E-state index is -3.57. The first kappa shape index (κ1) is 27.8. The summed E-state index contributed by atoms with van der Waals surface area (Å²) in [6.07, 6.45) is 2.71. The third kappa shape index (κ3) is 7.40. The molecule has 0 spiro atoms. The summed E-state index contributed by atoms with van der Waals surface area (Å²) in [7, 11) is -3.57. The predicted molar refractivity (Wildman–Crippen MR) is 150 cm³/mol. The molecule has 1 fully saturated rings. The Morgan fingerprint density at radius 3 is 2.46 bits per heavy atom. The second-order valence-electron chi connectivity index (χ2n) is 9.71. The number of nitrogens with one attached hydrogen (secondary N) is 2. The van der Waals surface area contributed by atoms with Gasteiger partial charge in [-0.1, -0.05) is 41.9 Å². The van der Waals surface area contributed by atoms with Crippen molar-refractivity contribution in [3.63, 3.8) is 0 Å². The largest absolute Gasteiger partial charge is 0.486 e. The Morgan fingerprint density at radius 2 is 1.78 bits per heavy atom. The molecule has 198 valence electrons. The van der Waals surface area contributed by atoms with Crippen LogP contribution in [0.25, 0.3) is 0 Å². The van der Waals surface area contributed by atoms with Crippen molar-refractivity contribution in [3.8, 4) is 5.75 Å². The summed E-state index contributed by atoms with van der Waals surface area (Å²) in [5.74, 6) is 0.989. The summed E-state index contributed by atoms with van der Waals surface area (Å²) in [6, 6.07) is 12.6. The molecule has 1 amide bonds. The normalized spacial score (nSPS) is 18.1. The van der Waals surface area contributed by atoms with Gasteiger partial charge in [-0.2, -0.15) is 0 Å². The zero-order valence-corrected chi connectivity index (χ0v) is 24.4. The zero-order chi connectivity index (χ0) is 26.6. The Morgan fingerprint density at radius 1 is 1.11 bits per heavy atom. The van der Waals surface area contributed by atoms with Gasteiger partial charge in [0, 0.05) is 21.9 Å². The lowest BCUT2D eigenvalue weighted by molar-refractivity contribution is 0.0920. The number of sulfonamides is 1. The first-order valence-electron chi connectivity index (χ1n) is 12.4. The van der Waals surface area contributed by atoms with Gasteiger partial charge in [-0.05, 0) is 80.0 Å². The van der Waals surface area contributed by atoms with Gasteiger partial charge < -0.3 is 10.1 Å². The Hall–Kier alpha value is -2.27. The molecule has 1 aliphatic rings. The SMILES string of the molecule is Cc1ccc(C(C)C)c(OCc2nc(C(=O)NC3CCC(NS(=O)(=O)c4ccc(Br)cc4)CC3)cs2)c1. The number of hydrogen-bond acceptors (Lipinski definition) is 6. The van der Waals surface area contributed by atoms with Crippen LogP contribution in [0.1, 0.15) is 72.1 Å². The molecule has 0 saturated heterocycles. The molecule has 0 bridgehead atoms. The van der Waals surface area contributed by atoms with E-state index in [-0.39, 0.29) is 22.9 Å². The van der Waals surface area contributed by atoms with Gasteiger partial charge in [0.1, 0.15) is 23.1 Å². The topological polar surface area (TPSA) is 97.4 Å². The second kappa shape index (κ2) is 12.1. The molecule has 1 aromatic heterocycles. The lowest BCUT2D eigenvalue weighted by atomic mass is 9.92. The van der Waals surface area contributed by atoms with E-state index >= 15 is 0 Å². The maximum atomic E-state index is 12.8. The fourth-order valence-corrected chi connectivity index (χ4v) is 6.64. The number of amides is 1. The Labute approximate surface area is 231 Å². The Bertz CT molecular complexity index is 1330. The monoisotopic (exact) mass is 605 g/mol. The van der Waals surface area contributed by atoms with Crippen LogP contribution >= 0.6 is 27.3 Å². The van der Waals surface area contributed by atoms with Gasteiger partial charge in [-0.3, -0.25) is 4.79 Å². The van der Waals surface area contributed by atoms with Crippen LogP contribution in [0, 0.1) is 6.92 Å². The molecule has 4 rings (SSSR count). The molecule has 1 aliphatic carbocycles. The first-order chi connectivity index (χ1) is 17.6. The minimum absolute atomic E-state index is 0.0109. The van der Waals surface area contributed by atoms with Crippen LogP contribution in [0.4, 0.5) is 0 Å². The highest BCUT2D eigenvalue weighted by Gasteiger charge is 2.27. The quantitative estimate of drug-likeness (QED) is 0.315. The molecule has 0 aliphatic heterocycles.